The predicted molar refractivity (Wildman–Crippen MR) is 81.1 cm³/mol. The van der Waals surface area contributed by atoms with Crippen LogP contribution in [-0.2, 0) is 19.6 Å². The van der Waals surface area contributed by atoms with E-state index in [9.17, 15) is 13.2 Å². The van der Waals surface area contributed by atoms with Crippen molar-refractivity contribution < 1.29 is 17.9 Å². The highest BCUT2D eigenvalue weighted by Gasteiger charge is 2.31. The van der Waals surface area contributed by atoms with E-state index in [-0.39, 0.29) is 17.3 Å². The molecule has 0 spiro atoms. The van der Waals surface area contributed by atoms with Gasteiger partial charge in [-0.25, -0.2) is 12.4 Å². The molecule has 0 aliphatic carbocycles. The van der Waals surface area contributed by atoms with Gasteiger partial charge in [0.2, 0.25) is 0 Å². The lowest BCUT2D eigenvalue weighted by molar-refractivity contribution is -0.143. The van der Waals surface area contributed by atoms with Gasteiger partial charge in [0.05, 0.1) is 30.5 Å². The van der Waals surface area contributed by atoms with Crippen molar-refractivity contribution in [3.05, 3.63) is 48.3 Å². The average Bonchev–Trinajstić information content (AvgIpc) is 2.94. The third-order valence-corrected chi connectivity index (χ3v) is 5.29. The van der Waals surface area contributed by atoms with E-state index in [1.54, 1.807) is 43.3 Å². The molecular formula is C15H16N2O4S. The first kappa shape index (κ1) is 14.6. The van der Waals surface area contributed by atoms with Gasteiger partial charge in [-0.2, -0.15) is 0 Å². The summed E-state index contributed by atoms with van der Waals surface area (Å²) in [4.78, 5) is 12.0. The average molecular weight is 320 g/mol. The van der Waals surface area contributed by atoms with Gasteiger partial charge in [-0.1, -0.05) is 12.1 Å². The molecule has 0 bridgehead atoms. The molecule has 1 N–H and O–H groups in total. The SMILES string of the molecule is CCOC(=O)CC1Nc2ccccc2S(=O)(=O)n2cccc21. The van der Waals surface area contributed by atoms with Crippen LogP contribution in [-0.4, -0.2) is 25.0 Å². The molecule has 1 aromatic carbocycles. The van der Waals surface area contributed by atoms with Gasteiger partial charge in [-0.05, 0) is 31.2 Å². The van der Waals surface area contributed by atoms with Crippen LogP contribution in [0.15, 0.2) is 47.5 Å². The Morgan fingerprint density at radius 2 is 2.05 bits per heavy atom. The normalized spacial score (nSPS) is 18.5. The van der Waals surface area contributed by atoms with Crippen molar-refractivity contribution in [2.24, 2.45) is 0 Å². The minimum Gasteiger partial charge on any atom is -0.466 e. The number of esters is 1. The van der Waals surface area contributed by atoms with Crippen LogP contribution in [0.4, 0.5) is 5.69 Å². The molecule has 6 nitrogen and oxygen atoms in total. The Labute approximate surface area is 128 Å². The molecule has 2 heterocycles. The Morgan fingerprint density at radius 3 is 2.82 bits per heavy atom. The zero-order valence-corrected chi connectivity index (χ0v) is 12.8. The second-order valence-electron chi connectivity index (χ2n) is 4.94. The number of nitrogens with one attached hydrogen (secondary N) is 1. The number of benzene rings is 1. The number of ether oxygens (including phenoxy) is 1. The van der Waals surface area contributed by atoms with Crippen LogP contribution in [0, 0.1) is 0 Å². The molecular weight excluding hydrogens is 304 g/mol. The molecule has 1 atom stereocenters. The van der Waals surface area contributed by atoms with E-state index in [2.05, 4.69) is 5.32 Å². The van der Waals surface area contributed by atoms with Crippen LogP contribution in [0.25, 0.3) is 0 Å². The van der Waals surface area contributed by atoms with Crippen molar-refractivity contribution in [2.75, 3.05) is 11.9 Å². The van der Waals surface area contributed by atoms with Crippen LogP contribution < -0.4 is 5.32 Å². The molecule has 0 radical (unpaired) electrons. The first-order chi connectivity index (χ1) is 10.5. The molecule has 1 unspecified atom stereocenters. The van der Waals surface area contributed by atoms with Crippen molar-refractivity contribution in [3.63, 3.8) is 0 Å². The number of carbonyl (C=O) groups is 1. The molecule has 116 valence electrons. The number of carbonyl (C=O) groups excluding carboxylic acids is 1. The van der Waals surface area contributed by atoms with Gasteiger partial charge in [-0.15, -0.1) is 0 Å². The summed E-state index contributed by atoms with van der Waals surface area (Å²) in [5, 5.41) is 3.15. The Hall–Kier alpha value is -2.28. The molecule has 0 amide bonds. The maximum Gasteiger partial charge on any atom is 0.308 e. The van der Waals surface area contributed by atoms with Crippen LogP contribution in [0.3, 0.4) is 0 Å². The molecule has 22 heavy (non-hydrogen) atoms. The number of hydrogen-bond acceptors (Lipinski definition) is 5. The van der Waals surface area contributed by atoms with Crippen LogP contribution in [0.1, 0.15) is 25.1 Å². The summed E-state index contributed by atoms with van der Waals surface area (Å²) in [6.07, 6.45) is 1.55. The highest BCUT2D eigenvalue weighted by Crippen LogP contribution is 2.34. The molecule has 2 aromatic rings. The molecule has 3 rings (SSSR count). The predicted octanol–water partition coefficient (Wildman–Crippen LogP) is 2.14. The number of hydrogen-bond donors (Lipinski definition) is 1. The Morgan fingerprint density at radius 1 is 1.27 bits per heavy atom. The first-order valence-electron chi connectivity index (χ1n) is 6.98. The van der Waals surface area contributed by atoms with Crippen LogP contribution in [0.2, 0.25) is 0 Å². The van der Waals surface area contributed by atoms with Gasteiger partial charge < -0.3 is 10.1 Å². The molecule has 1 aromatic heterocycles. The highest BCUT2D eigenvalue weighted by molar-refractivity contribution is 7.90. The second-order valence-corrected chi connectivity index (χ2v) is 6.72. The topological polar surface area (TPSA) is 77.4 Å². The Bertz CT molecular complexity index is 810. The van der Waals surface area contributed by atoms with E-state index in [0.717, 1.165) is 0 Å². The zero-order chi connectivity index (χ0) is 15.7. The fourth-order valence-electron chi connectivity index (χ4n) is 2.59. The van der Waals surface area contributed by atoms with E-state index in [4.69, 9.17) is 4.74 Å². The van der Waals surface area contributed by atoms with Crippen LogP contribution >= 0.6 is 0 Å². The smallest absolute Gasteiger partial charge is 0.308 e. The molecule has 0 fully saturated rings. The van der Waals surface area contributed by atoms with Gasteiger partial charge in [0.25, 0.3) is 10.0 Å². The fourth-order valence-corrected chi connectivity index (χ4v) is 4.15. The number of aromatic nitrogens is 1. The molecule has 0 saturated heterocycles. The number of nitrogens with zero attached hydrogens (tertiary/aromatic N) is 1. The van der Waals surface area contributed by atoms with Crippen molar-refractivity contribution in [1.82, 2.24) is 3.97 Å². The first-order valence-corrected chi connectivity index (χ1v) is 8.42. The van der Waals surface area contributed by atoms with Crippen molar-refractivity contribution >= 4 is 21.7 Å². The summed E-state index contributed by atoms with van der Waals surface area (Å²) in [6.45, 7) is 2.03. The third kappa shape index (κ3) is 2.37. The molecule has 0 saturated carbocycles. The lowest BCUT2D eigenvalue weighted by Crippen LogP contribution is -2.19. The Balaban J connectivity index is 2.10. The molecule has 1 aliphatic heterocycles. The molecule has 1 aliphatic rings. The van der Waals surface area contributed by atoms with Gasteiger partial charge in [0.15, 0.2) is 0 Å². The van der Waals surface area contributed by atoms with Gasteiger partial charge in [-0.3, -0.25) is 4.79 Å². The fraction of sp³-hybridized carbons (Fsp3) is 0.267. The number of rotatable bonds is 3. The van der Waals surface area contributed by atoms with Crippen LogP contribution in [0.5, 0.6) is 0 Å². The second kappa shape index (κ2) is 5.49. The summed E-state index contributed by atoms with van der Waals surface area (Å²) in [5.74, 6) is -0.371. The van der Waals surface area contributed by atoms with E-state index >= 15 is 0 Å². The zero-order valence-electron chi connectivity index (χ0n) is 12.0. The number of anilines is 1. The Kier molecular flexibility index (Phi) is 3.66. The van der Waals surface area contributed by atoms with Gasteiger partial charge >= 0.3 is 5.97 Å². The summed E-state index contributed by atoms with van der Waals surface area (Å²) in [5.41, 5.74) is 1.00. The van der Waals surface area contributed by atoms with Gasteiger partial charge in [0.1, 0.15) is 4.90 Å². The van der Waals surface area contributed by atoms with E-state index < -0.39 is 16.1 Å². The maximum absolute atomic E-state index is 12.7. The maximum atomic E-state index is 12.7. The largest absolute Gasteiger partial charge is 0.466 e. The number of fused-ring (bicyclic) bond motifs is 2. The van der Waals surface area contributed by atoms with Crippen molar-refractivity contribution in [3.8, 4) is 0 Å². The monoisotopic (exact) mass is 320 g/mol. The third-order valence-electron chi connectivity index (χ3n) is 3.53. The summed E-state index contributed by atoms with van der Waals surface area (Å²) >= 11 is 0. The van der Waals surface area contributed by atoms with E-state index in [1.807, 2.05) is 0 Å². The lowest BCUT2D eigenvalue weighted by Gasteiger charge is -2.17. The van der Waals surface area contributed by atoms with Crippen molar-refractivity contribution in [2.45, 2.75) is 24.3 Å². The van der Waals surface area contributed by atoms with E-state index in [1.165, 1.54) is 10.2 Å². The molecule has 7 heteroatoms. The lowest BCUT2D eigenvalue weighted by atomic mass is 10.1. The van der Waals surface area contributed by atoms with Crippen molar-refractivity contribution in [1.29, 1.82) is 0 Å². The highest BCUT2D eigenvalue weighted by atomic mass is 32.2. The standard InChI is InChI=1S/C15H16N2O4S/c1-2-21-15(18)10-12-13-7-5-9-17(13)22(19,20)14-8-4-3-6-11(14)16-12/h3-9,12,16H,2,10H2,1H3. The number of para-hydroxylation sites is 1. The summed E-state index contributed by atoms with van der Waals surface area (Å²) in [6, 6.07) is 9.55. The quantitative estimate of drug-likeness (QED) is 0.877. The van der Waals surface area contributed by atoms with E-state index in [0.29, 0.717) is 18.0 Å². The summed E-state index contributed by atoms with van der Waals surface area (Å²) in [7, 11) is -3.67. The summed E-state index contributed by atoms with van der Waals surface area (Å²) < 4.78 is 31.7. The minimum absolute atomic E-state index is 0.0572. The van der Waals surface area contributed by atoms with Gasteiger partial charge in [0, 0.05) is 6.20 Å². The minimum atomic E-state index is -3.67.